The van der Waals surface area contributed by atoms with Gasteiger partial charge < -0.3 is 4.74 Å². The first-order valence-electron chi connectivity index (χ1n) is 12.1. The lowest BCUT2D eigenvalue weighted by atomic mass is 10.0. The van der Waals surface area contributed by atoms with Gasteiger partial charge in [0.1, 0.15) is 0 Å². The van der Waals surface area contributed by atoms with Crippen molar-refractivity contribution in [1.82, 2.24) is 0 Å². The summed E-state index contributed by atoms with van der Waals surface area (Å²) in [5, 5.41) is 0. The first-order chi connectivity index (χ1) is 13.5. The van der Waals surface area contributed by atoms with E-state index in [1.807, 2.05) is 0 Å². The Kier molecular flexibility index (Phi) is 26.5. The largest absolute Gasteiger partial charge is 0.389 e. The molecule has 0 aliphatic carbocycles. The second-order valence-corrected chi connectivity index (χ2v) is 7.99. The molecule has 0 atom stereocenters. The Morgan fingerprint density at radius 3 is 1.14 bits per heavy atom. The van der Waals surface area contributed by atoms with Crippen LogP contribution in [-0.4, -0.2) is 19.4 Å². The highest BCUT2D eigenvalue weighted by Gasteiger charge is 2.25. The topological polar surface area (TPSA) is 9.23 Å². The lowest BCUT2D eigenvalue weighted by Crippen LogP contribution is -2.06. The van der Waals surface area contributed by atoms with Crippen molar-refractivity contribution in [1.29, 1.82) is 0 Å². The van der Waals surface area contributed by atoms with Gasteiger partial charge in [0.25, 0.3) is 0 Å². The molecular weight excluding hydrogens is 361 g/mol. The molecule has 0 spiro atoms. The van der Waals surface area contributed by atoms with E-state index in [-0.39, 0.29) is 0 Å². The Hall–Kier alpha value is -0.250. The maximum Gasteiger partial charge on any atom is 0.389 e. The highest BCUT2D eigenvalue weighted by Crippen LogP contribution is 2.23. The number of rotatable bonds is 19. The molecule has 4 heteroatoms. The van der Waals surface area contributed by atoms with Gasteiger partial charge in [0.2, 0.25) is 0 Å². The Labute approximate surface area is 174 Å². The molecule has 0 amide bonds. The minimum atomic E-state index is -3.97. The Morgan fingerprint density at radius 1 is 0.500 bits per heavy atom. The zero-order chi connectivity index (χ0) is 21.3. The monoisotopic (exact) mass is 410 g/mol. The molecule has 0 rings (SSSR count). The van der Waals surface area contributed by atoms with Crippen LogP contribution in [0.5, 0.6) is 0 Å². The van der Waals surface area contributed by atoms with Crippen LogP contribution in [-0.2, 0) is 4.74 Å². The molecule has 0 heterocycles. The van der Waals surface area contributed by atoms with Gasteiger partial charge in [0.15, 0.2) is 0 Å². The summed E-state index contributed by atoms with van der Waals surface area (Å²) < 4.78 is 41.4. The number of alkyl halides is 3. The molecule has 172 valence electrons. The van der Waals surface area contributed by atoms with Gasteiger partial charge in [0.05, 0.1) is 0 Å². The van der Waals surface area contributed by atoms with Crippen LogP contribution in [0.25, 0.3) is 0 Å². The van der Waals surface area contributed by atoms with Crippen molar-refractivity contribution in [3.63, 3.8) is 0 Å². The highest BCUT2D eigenvalue weighted by atomic mass is 19.4. The molecule has 0 saturated carbocycles. The van der Waals surface area contributed by atoms with E-state index in [1.165, 1.54) is 77.0 Å². The molecule has 0 fully saturated rings. The van der Waals surface area contributed by atoms with Crippen molar-refractivity contribution in [2.24, 2.45) is 0 Å². The summed E-state index contributed by atoms with van der Waals surface area (Å²) in [6.07, 6.45) is 15.1. The molecule has 0 aromatic heterocycles. The van der Waals surface area contributed by atoms with E-state index in [0.29, 0.717) is 6.42 Å². The van der Waals surface area contributed by atoms with Crippen molar-refractivity contribution >= 4 is 0 Å². The maximum absolute atomic E-state index is 12.0. The van der Waals surface area contributed by atoms with Crippen molar-refractivity contribution in [2.75, 3.05) is 13.2 Å². The van der Waals surface area contributed by atoms with Crippen molar-refractivity contribution in [2.45, 2.75) is 143 Å². The Balaban J connectivity index is 0. The Bertz CT molecular complexity index is 267. The predicted molar refractivity (Wildman–Crippen MR) is 117 cm³/mol. The molecule has 0 aliphatic rings. The number of hydrogen-bond acceptors (Lipinski definition) is 1. The third-order valence-corrected chi connectivity index (χ3v) is 4.60. The minimum Gasteiger partial charge on any atom is -0.381 e. The molecule has 0 unspecified atom stereocenters. The first kappa shape index (κ1) is 29.9. The lowest BCUT2D eigenvalue weighted by molar-refractivity contribution is -0.135. The molecule has 1 nitrogen and oxygen atoms in total. The van der Waals surface area contributed by atoms with E-state index in [2.05, 4.69) is 20.8 Å². The molecule has 0 N–H and O–H groups in total. The van der Waals surface area contributed by atoms with Gasteiger partial charge in [-0.05, 0) is 19.3 Å². The predicted octanol–water partition coefficient (Wildman–Crippen LogP) is 9.63. The summed E-state index contributed by atoms with van der Waals surface area (Å²) in [5.74, 6) is 0. The number of halogens is 3. The summed E-state index contributed by atoms with van der Waals surface area (Å²) >= 11 is 0. The van der Waals surface area contributed by atoms with Crippen LogP contribution < -0.4 is 0 Å². The van der Waals surface area contributed by atoms with Crippen LogP contribution >= 0.6 is 0 Å². The van der Waals surface area contributed by atoms with Crippen LogP contribution in [0.3, 0.4) is 0 Å². The number of hydrogen-bond donors (Lipinski definition) is 0. The normalized spacial score (nSPS) is 11.4. The van der Waals surface area contributed by atoms with Gasteiger partial charge >= 0.3 is 6.18 Å². The molecule has 0 radical (unpaired) electrons. The van der Waals surface area contributed by atoms with Gasteiger partial charge in [0, 0.05) is 19.6 Å². The second-order valence-electron chi connectivity index (χ2n) is 7.99. The summed E-state index contributed by atoms with van der Waals surface area (Å²) in [4.78, 5) is 0. The maximum atomic E-state index is 12.0. The zero-order valence-corrected chi connectivity index (χ0v) is 19.2. The van der Waals surface area contributed by atoms with E-state index >= 15 is 0 Å². The van der Waals surface area contributed by atoms with Crippen LogP contribution in [0.1, 0.15) is 136 Å². The summed E-state index contributed by atoms with van der Waals surface area (Å²) in [6.45, 7) is 8.22. The molecule has 0 aliphatic heterocycles. The van der Waals surface area contributed by atoms with Crippen molar-refractivity contribution in [3.05, 3.63) is 0 Å². The van der Waals surface area contributed by atoms with E-state index < -0.39 is 12.6 Å². The number of ether oxygens (including phenoxy) is 1. The van der Waals surface area contributed by atoms with Gasteiger partial charge in [-0.2, -0.15) is 13.2 Å². The molecule has 0 saturated heterocycles. The van der Waals surface area contributed by atoms with Crippen LogP contribution in [0.4, 0.5) is 13.2 Å². The van der Waals surface area contributed by atoms with Crippen LogP contribution in [0.15, 0.2) is 0 Å². The average Bonchev–Trinajstić information content (AvgIpc) is 2.63. The molecule has 28 heavy (non-hydrogen) atoms. The SMILES string of the molecule is CCC.CCCOCCCCCCCCCCCCCCCCCC(F)(F)F. The van der Waals surface area contributed by atoms with Gasteiger partial charge in [-0.1, -0.05) is 111 Å². The summed E-state index contributed by atoms with van der Waals surface area (Å²) in [6, 6.07) is 0. The quantitative estimate of drug-likeness (QED) is 0.193. The number of unbranched alkanes of at least 4 members (excludes halogenated alkanes) is 14. The smallest absolute Gasteiger partial charge is 0.381 e. The minimum absolute atomic E-state index is 0.301. The molecule has 0 aromatic carbocycles. The fraction of sp³-hybridized carbons (Fsp3) is 1.00. The van der Waals surface area contributed by atoms with Crippen LogP contribution in [0, 0.1) is 0 Å². The Morgan fingerprint density at radius 2 is 0.821 bits per heavy atom. The fourth-order valence-corrected chi connectivity index (χ4v) is 3.07. The van der Waals surface area contributed by atoms with Gasteiger partial charge in [-0.3, -0.25) is 0 Å². The summed E-state index contributed by atoms with van der Waals surface area (Å²) in [5.41, 5.74) is 0. The molecule has 0 bridgehead atoms. The summed E-state index contributed by atoms with van der Waals surface area (Å²) in [7, 11) is 0. The van der Waals surface area contributed by atoms with Gasteiger partial charge in [-0.25, -0.2) is 0 Å². The average molecular weight is 411 g/mol. The second kappa shape index (κ2) is 24.8. The van der Waals surface area contributed by atoms with Gasteiger partial charge in [-0.15, -0.1) is 0 Å². The van der Waals surface area contributed by atoms with E-state index in [0.717, 1.165) is 38.9 Å². The zero-order valence-electron chi connectivity index (χ0n) is 19.2. The third-order valence-electron chi connectivity index (χ3n) is 4.60. The van der Waals surface area contributed by atoms with Crippen molar-refractivity contribution in [3.8, 4) is 0 Å². The first-order valence-corrected chi connectivity index (χ1v) is 12.1. The lowest BCUT2D eigenvalue weighted by Gasteiger charge is -2.06. The molecule has 0 aromatic rings. The van der Waals surface area contributed by atoms with E-state index in [4.69, 9.17) is 4.74 Å². The third kappa shape index (κ3) is 33.3. The van der Waals surface area contributed by atoms with E-state index in [1.54, 1.807) is 0 Å². The standard InChI is InChI=1S/C21H41F3O.C3H8/c1-2-19-25-20-17-15-13-11-9-7-5-3-4-6-8-10-12-14-16-18-21(22,23)24;1-3-2/h2-20H2,1H3;3H2,1-2H3. The highest BCUT2D eigenvalue weighted by molar-refractivity contribution is 4.53. The fourth-order valence-electron chi connectivity index (χ4n) is 3.07. The molecular formula is C24H49F3O. The van der Waals surface area contributed by atoms with E-state index in [9.17, 15) is 13.2 Å². The van der Waals surface area contributed by atoms with Crippen LogP contribution in [0.2, 0.25) is 0 Å². The van der Waals surface area contributed by atoms with Crippen molar-refractivity contribution < 1.29 is 17.9 Å².